The van der Waals surface area contributed by atoms with Crippen molar-refractivity contribution in [2.45, 2.75) is 64.0 Å². The van der Waals surface area contributed by atoms with Crippen LogP contribution in [0.3, 0.4) is 0 Å². The topological polar surface area (TPSA) is 32.3 Å². The van der Waals surface area contributed by atoms with Gasteiger partial charge in [-0.2, -0.15) is 0 Å². The van der Waals surface area contributed by atoms with E-state index in [9.17, 15) is 0 Å². The lowest BCUT2D eigenvalue weighted by atomic mass is 9.74. The highest BCUT2D eigenvalue weighted by Gasteiger charge is 2.35. The normalized spacial score (nSPS) is 22.4. The van der Waals surface area contributed by atoms with Crippen LogP contribution in [0.15, 0.2) is 0 Å². The first-order valence-electron chi connectivity index (χ1n) is 5.61. The van der Waals surface area contributed by atoms with E-state index in [1.54, 1.807) is 0 Å². The van der Waals surface area contributed by atoms with Gasteiger partial charge in [0.05, 0.1) is 0 Å². The molecule has 0 radical (unpaired) electrons. The summed E-state index contributed by atoms with van der Waals surface area (Å²) in [7, 11) is 0. The van der Waals surface area contributed by atoms with Crippen LogP contribution in [-0.2, 0) is 0 Å². The molecule has 13 heavy (non-hydrogen) atoms. The molecule has 2 N–H and O–H groups in total. The molecular weight excluding hydrogens is 162 g/mol. The molecule has 1 unspecified atom stereocenters. The predicted molar refractivity (Wildman–Crippen MR) is 55.8 cm³/mol. The minimum atomic E-state index is 0.325. The third kappa shape index (κ3) is 2.96. The largest absolute Gasteiger partial charge is 0.396 e. The van der Waals surface area contributed by atoms with Crippen molar-refractivity contribution in [1.82, 2.24) is 5.32 Å². The molecule has 1 atom stereocenters. The van der Waals surface area contributed by atoms with Gasteiger partial charge in [0.15, 0.2) is 0 Å². The van der Waals surface area contributed by atoms with Gasteiger partial charge in [-0.3, -0.25) is 0 Å². The second-order valence-electron chi connectivity index (χ2n) is 4.40. The monoisotopic (exact) mass is 185 g/mol. The molecule has 0 bridgehead atoms. The third-order valence-electron chi connectivity index (χ3n) is 3.34. The zero-order chi connectivity index (χ0) is 9.73. The molecule has 0 spiro atoms. The summed E-state index contributed by atoms with van der Waals surface area (Å²) in [6, 6.07) is 0.562. The Morgan fingerprint density at radius 1 is 1.46 bits per heavy atom. The van der Waals surface area contributed by atoms with E-state index in [4.69, 9.17) is 5.11 Å². The van der Waals surface area contributed by atoms with E-state index in [-0.39, 0.29) is 0 Å². The van der Waals surface area contributed by atoms with Crippen molar-refractivity contribution in [3.8, 4) is 0 Å². The fraction of sp³-hybridized carbons (Fsp3) is 1.00. The Balaban J connectivity index is 2.21. The molecule has 1 aliphatic carbocycles. The van der Waals surface area contributed by atoms with Crippen molar-refractivity contribution < 1.29 is 5.11 Å². The van der Waals surface area contributed by atoms with Gasteiger partial charge in [-0.1, -0.05) is 6.92 Å². The van der Waals surface area contributed by atoms with Crippen LogP contribution in [0.25, 0.3) is 0 Å². The number of hydrogen-bond donors (Lipinski definition) is 2. The van der Waals surface area contributed by atoms with Crippen molar-refractivity contribution in [2.24, 2.45) is 0 Å². The lowest BCUT2D eigenvalue weighted by Crippen LogP contribution is -2.53. The van der Waals surface area contributed by atoms with Gasteiger partial charge in [0.1, 0.15) is 0 Å². The maximum Gasteiger partial charge on any atom is 0.0431 e. The van der Waals surface area contributed by atoms with E-state index in [0.29, 0.717) is 18.2 Å². The minimum Gasteiger partial charge on any atom is -0.396 e. The molecular formula is C11H23NO. The molecule has 0 aromatic carbocycles. The number of aliphatic hydroxyl groups excluding tert-OH is 1. The number of nitrogens with one attached hydrogen (secondary N) is 1. The molecule has 1 aliphatic rings. The van der Waals surface area contributed by atoms with Crippen LogP contribution in [0.2, 0.25) is 0 Å². The lowest BCUT2D eigenvalue weighted by Gasteiger charge is -2.44. The molecule has 0 aromatic heterocycles. The van der Waals surface area contributed by atoms with Gasteiger partial charge in [0.2, 0.25) is 0 Å². The standard InChI is InChI=1S/C11H23NO/c1-3-11(7-5-8-11)12-10(2)6-4-9-13/h10,12-13H,3-9H2,1-2H3. The first kappa shape index (κ1) is 11.0. The van der Waals surface area contributed by atoms with Crippen molar-refractivity contribution in [3.63, 3.8) is 0 Å². The Kier molecular flexibility index (Phi) is 4.20. The molecule has 2 nitrogen and oxygen atoms in total. The summed E-state index contributed by atoms with van der Waals surface area (Å²) in [6.45, 7) is 4.82. The van der Waals surface area contributed by atoms with Gasteiger partial charge >= 0.3 is 0 Å². The molecule has 0 amide bonds. The Bertz CT molecular complexity index is 138. The molecule has 2 heteroatoms. The Morgan fingerprint density at radius 3 is 2.54 bits per heavy atom. The van der Waals surface area contributed by atoms with Crippen LogP contribution in [0.4, 0.5) is 0 Å². The summed E-state index contributed by atoms with van der Waals surface area (Å²) in [5, 5.41) is 12.4. The van der Waals surface area contributed by atoms with E-state index >= 15 is 0 Å². The maximum atomic E-state index is 8.71. The van der Waals surface area contributed by atoms with Crippen LogP contribution < -0.4 is 5.32 Å². The zero-order valence-electron chi connectivity index (χ0n) is 8.97. The van der Waals surface area contributed by atoms with Gasteiger partial charge in [-0.05, 0) is 45.4 Å². The van der Waals surface area contributed by atoms with Gasteiger partial charge in [-0.15, -0.1) is 0 Å². The number of aliphatic hydroxyl groups is 1. The van der Waals surface area contributed by atoms with Crippen LogP contribution >= 0.6 is 0 Å². The molecule has 78 valence electrons. The van der Waals surface area contributed by atoms with Gasteiger partial charge in [0, 0.05) is 18.2 Å². The molecule has 1 fully saturated rings. The Hall–Kier alpha value is -0.0800. The molecule has 0 aliphatic heterocycles. The van der Waals surface area contributed by atoms with Gasteiger partial charge < -0.3 is 10.4 Å². The highest BCUT2D eigenvalue weighted by Crippen LogP contribution is 2.35. The highest BCUT2D eigenvalue weighted by molar-refractivity contribution is 4.95. The van der Waals surface area contributed by atoms with Crippen molar-refractivity contribution in [3.05, 3.63) is 0 Å². The number of hydrogen-bond acceptors (Lipinski definition) is 2. The van der Waals surface area contributed by atoms with Crippen molar-refractivity contribution >= 4 is 0 Å². The van der Waals surface area contributed by atoms with E-state index in [1.165, 1.54) is 25.7 Å². The summed E-state index contributed by atoms with van der Waals surface area (Å²) < 4.78 is 0. The van der Waals surface area contributed by atoms with E-state index in [0.717, 1.165) is 12.8 Å². The van der Waals surface area contributed by atoms with Crippen LogP contribution in [0.1, 0.15) is 52.4 Å². The van der Waals surface area contributed by atoms with E-state index in [2.05, 4.69) is 19.2 Å². The third-order valence-corrected chi connectivity index (χ3v) is 3.34. The quantitative estimate of drug-likeness (QED) is 0.664. The fourth-order valence-corrected chi connectivity index (χ4v) is 2.20. The highest BCUT2D eigenvalue weighted by atomic mass is 16.2. The molecule has 1 saturated carbocycles. The molecule has 1 rings (SSSR count). The average Bonchev–Trinajstić information content (AvgIpc) is 2.08. The van der Waals surface area contributed by atoms with Crippen LogP contribution in [-0.4, -0.2) is 23.3 Å². The zero-order valence-corrected chi connectivity index (χ0v) is 8.97. The van der Waals surface area contributed by atoms with Crippen LogP contribution in [0.5, 0.6) is 0 Å². The van der Waals surface area contributed by atoms with Gasteiger partial charge in [-0.25, -0.2) is 0 Å². The summed E-state index contributed by atoms with van der Waals surface area (Å²) in [4.78, 5) is 0. The van der Waals surface area contributed by atoms with Crippen molar-refractivity contribution in [1.29, 1.82) is 0 Å². The SMILES string of the molecule is CCC1(NC(C)CCCO)CCC1. The maximum absolute atomic E-state index is 8.71. The molecule has 0 heterocycles. The average molecular weight is 185 g/mol. The Labute approximate surface area is 81.7 Å². The van der Waals surface area contributed by atoms with E-state index < -0.39 is 0 Å². The summed E-state index contributed by atoms with van der Waals surface area (Å²) >= 11 is 0. The first-order chi connectivity index (χ1) is 6.22. The summed E-state index contributed by atoms with van der Waals surface area (Å²) in [5.74, 6) is 0. The smallest absolute Gasteiger partial charge is 0.0431 e. The molecule has 0 saturated heterocycles. The minimum absolute atomic E-state index is 0.325. The van der Waals surface area contributed by atoms with Crippen LogP contribution in [0, 0.1) is 0 Å². The van der Waals surface area contributed by atoms with Gasteiger partial charge in [0.25, 0.3) is 0 Å². The van der Waals surface area contributed by atoms with E-state index in [1.807, 2.05) is 0 Å². The second-order valence-corrected chi connectivity index (χ2v) is 4.40. The second kappa shape index (κ2) is 4.97. The summed E-state index contributed by atoms with van der Waals surface area (Å²) in [6.07, 6.45) is 7.33. The predicted octanol–water partition coefficient (Wildman–Crippen LogP) is 2.07. The summed E-state index contributed by atoms with van der Waals surface area (Å²) in [5.41, 5.74) is 0.453. The lowest BCUT2D eigenvalue weighted by molar-refractivity contribution is 0.153. The Morgan fingerprint density at radius 2 is 2.15 bits per heavy atom. The molecule has 0 aromatic rings. The van der Waals surface area contributed by atoms with Crippen molar-refractivity contribution in [2.75, 3.05) is 6.61 Å². The number of rotatable bonds is 6. The first-order valence-corrected chi connectivity index (χ1v) is 5.61. The fourth-order valence-electron chi connectivity index (χ4n) is 2.20.